The lowest BCUT2D eigenvalue weighted by atomic mass is 9.99. The number of aryl methyl sites for hydroxylation is 1. The van der Waals surface area contributed by atoms with Crippen LogP contribution >= 0.6 is 11.8 Å². The predicted molar refractivity (Wildman–Crippen MR) is 86.9 cm³/mol. The van der Waals surface area contributed by atoms with Crippen molar-refractivity contribution in [1.82, 2.24) is 19.7 Å². The van der Waals surface area contributed by atoms with Gasteiger partial charge in [-0.25, -0.2) is 4.98 Å². The van der Waals surface area contributed by atoms with Crippen molar-refractivity contribution >= 4 is 39.6 Å². The fourth-order valence-electron chi connectivity index (χ4n) is 3.04. The Morgan fingerprint density at radius 1 is 1.23 bits per heavy atom. The van der Waals surface area contributed by atoms with E-state index in [1.165, 1.54) is 11.8 Å². The smallest absolute Gasteiger partial charge is 0.211 e. The number of carbonyl (C=O) groups excluding carboxylic acids is 1. The number of ketones is 1. The third kappa shape index (κ3) is 2.18. The highest BCUT2D eigenvalue weighted by atomic mass is 32.2. The first kappa shape index (κ1) is 13.7. The molecule has 5 nitrogen and oxygen atoms in total. The fraction of sp³-hybridized carbons (Fsp3) is 0.375. The van der Waals surface area contributed by atoms with Crippen LogP contribution < -0.4 is 0 Å². The molecule has 2 heterocycles. The zero-order valence-corrected chi connectivity index (χ0v) is 13.1. The largest absolute Gasteiger partial charge is 0.327 e. The molecule has 0 unspecified atom stereocenters. The maximum absolute atomic E-state index is 12.0. The summed E-state index contributed by atoms with van der Waals surface area (Å²) in [5, 5.41) is 10.2. The van der Waals surface area contributed by atoms with Crippen molar-refractivity contribution < 1.29 is 4.79 Å². The molecule has 2 aromatic heterocycles. The van der Waals surface area contributed by atoms with E-state index < -0.39 is 0 Å². The van der Waals surface area contributed by atoms with E-state index in [4.69, 9.17) is 0 Å². The molecule has 6 heteroatoms. The van der Waals surface area contributed by atoms with Crippen molar-refractivity contribution in [2.75, 3.05) is 0 Å². The molecule has 4 rings (SSSR count). The molecule has 22 heavy (non-hydrogen) atoms. The van der Waals surface area contributed by atoms with E-state index in [2.05, 4.69) is 21.2 Å². The molecule has 1 atom stereocenters. The van der Waals surface area contributed by atoms with Crippen molar-refractivity contribution in [3.63, 3.8) is 0 Å². The minimum atomic E-state index is -0.0114. The molecule has 0 radical (unpaired) electrons. The molecule has 0 aliphatic heterocycles. The molecule has 1 aliphatic rings. The van der Waals surface area contributed by atoms with Gasteiger partial charge in [-0.2, -0.15) is 0 Å². The van der Waals surface area contributed by atoms with Crippen molar-refractivity contribution in [3.05, 3.63) is 24.3 Å². The highest BCUT2D eigenvalue weighted by Gasteiger charge is 2.25. The number of carbonyl (C=O) groups is 1. The van der Waals surface area contributed by atoms with Gasteiger partial charge < -0.3 is 4.57 Å². The van der Waals surface area contributed by atoms with Crippen LogP contribution in [0.5, 0.6) is 0 Å². The highest BCUT2D eigenvalue weighted by Crippen LogP contribution is 2.31. The van der Waals surface area contributed by atoms with Crippen LogP contribution in [-0.4, -0.2) is 30.8 Å². The number of nitrogens with zero attached hydrogens (tertiary/aromatic N) is 4. The second-order valence-corrected chi connectivity index (χ2v) is 6.83. The van der Waals surface area contributed by atoms with Gasteiger partial charge in [0, 0.05) is 18.9 Å². The minimum Gasteiger partial charge on any atom is -0.327 e. The van der Waals surface area contributed by atoms with E-state index in [0.29, 0.717) is 17.4 Å². The highest BCUT2D eigenvalue weighted by molar-refractivity contribution is 8.00. The van der Waals surface area contributed by atoms with Gasteiger partial charge in [0.1, 0.15) is 11.3 Å². The predicted octanol–water partition coefficient (Wildman–Crippen LogP) is 3.12. The van der Waals surface area contributed by atoms with Gasteiger partial charge in [-0.15, -0.1) is 10.2 Å². The van der Waals surface area contributed by atoms with Crippen molar-refractivity contribution in [3.8, 4) is 0 Å². The van der Waals surface area contributed by atoms with E-state index in [9.17, 15) is 4.79 Å². The van der Waals surface area contributed by atoms with Crippen LogP contribution in [0.3, 0.4) is 0 Å². The van der Waals surface area contributed by atoms with Gasteiger partial charge >= 0.3 is 0 Å². The van der Waals surface area contributed by atoms with Crippen molar-refractivity contribution in [2.24, 2.45) is 7.05 Å². The lowest BCUT2D eigenvalue weighted by Crippen LogP contribution is -2.21. The summed E-state index contributed by atoms with van der Waals surface area (Å²) in [6.07, 6.45) is 3.71. The van der Waals surface area contributed by atoms with E-state index in [0.717, 1.165) is 41.3 Å². The number of para-hydroxylation sites is 1. The van der Waals surface area contributed by atoms with E-state index in [-0.39, 0.29) is 5.25 Å². The molecule has 0 saturated heterocycles. The summed E-state index contributed by atoms with van der Waals surface area (Å²) in [6.45, 7) is 0. The summed E-state index contributed by atoms with van der Waals surface area (Å²) in [5.41, 5.74) is 2.73. The second kappa shape index (κ2) is 5.35. The first-order valence-corrected chi connectivity index (χ1v) is 8.39. The Hall–Kier alpha value is -1.95. The summed E-state index contributed by atoms with van der Waals surface area (Å²) in [6, 6.07) is 8.08. The van der Waals surface area contributed by atoms with Gasteiger partial charge in [0.05, 0.1) is 10.8 Å². The molecule has 112 valence electrons. The van der Waals surface area contributed by atoms with Crippen LogP contribution in [0.25, 0.3) is 22.1 Å². The zero-order chi connectivity index (χ0) is 15.1. The minimum absolute atomic E-state index is 0.0114. The van der Waals surface area contributed by atoms with Gasteiger partial charge in [-0.3, -0.25) is 4.79 Å². The molecule has 1 aliphatic carbocycles. The van der Waals surface area contributed by atoms with Crippen LogP contribution in [0, 0.1) is 0 Å². The Morgan fingerprint density at radius 2 is 2.09 bits per heavy atom. The average Bonchev–Trinajstić information content (AvgIpc) is 2.83. The van der Waals surface area contributed by atoms with Gasteiger partial charge in [0.15, 0.2) is 5.65 Å². The molecular weight excluding hydrogens is 296 g/mol. The van der Waals surface area contributed by atoms with Crippen LogP contribution in [0.2, 0.25) is 0 Å². The number of aromatic nitrogens is 4. The van der Waals surface area contributed by atoms with Gasteiger partial charge in [-0.05, 0) is 18.9 Å². The summed E-state index contributed by atoms with van der Waals surface area (Å²) in [5.74, 6) is 0.317. The summed E-state index contributed by atoms with van der Waals surface area (Å²) in [7, 11) is 1.99. The van der Waals surface area contributed by atoms with Crippen LogP contribution in [-0.2, 0) is 11.8 Å². The van der Waals surface area contributed by atoms with E-state index in [1.54, 1.807) is 0 Å². The molecule has 0 bridgehead atoms. The number of hydrogen-bond acceptors (Lipinski definition) is 5. The Labute approximate surface area is 132 Å². The lowest BCUT2D eigenvalue weighted by molar-refractivity contribution is -0.119. The topological polar surface area (TPSA) is 60.7 Å². The molecule has 3 aromatic rings. The van der Waals surface area contributed by atoms with E-state index in [1.807, 2.05) is 29.8 Å². The second-order valence-electron chi connectivity index (χ2n) is 5.66. The van der Waals surface area contributed by atoms with Gasteiger partial charge in [0.25, 0.3) is 0 Å². The molecule has 0 N–H and O–H groups in total. The third-order valence-corrected chi connectivity index (χ3v) is 5.40. The third-order valence-electron chi connectivity index (χ3n) is 4.23. The Balaban J connectivity index is 1.75. The van der Waals surface area contributed by atoms with Crippen LogP contribution in [0.1, 0.15) is 25.7 Å². The summed E-state index contributed by atoms with van der Waals surface area (Å²) >= 11 is 1.46. The molecule has 1 fully saturated rings. The number of rotatable bonds is 2. The van der Waals surface area contributed by atoms with Crippen LogP contribution in [0.15, 0.2) is 29.4 Å². The SMILES string of the molecule is Cn1c2ccccc2c2nnc(S[C@H]3CCCCC3=O)nc21. The maximum Gasteiger partial charge on any atom is 0.211 e. The summed E-state index contributed by atoms with van der Waals surface area (Å²) in [4.78, 5) is 16.6. The zero-order valence-electron chi connectivity index (χ0n) is 12.3. The molecule has 1 aromatic carbocycles. The van der Waals surface area contributed by atoms with E-state index >= 15 is 0 Å². The Morgan fingerprint density at radius 3 is 2.95 bits per heavy atom. The first-order valence-electron chi connectivity index (χ1n) is 7.51. The van der Waals surface area contributed by atoms with Gasteiger partial charge in [0.2, 0.25) is 5.16 Å². The monoisotopic (exact) mass is 312 g/mol. The Kier molecular flexibility index (Phi) is 3.33. The lowest BCUT2D eigenvalue weighted by Gasteiger charge is -2.18. The quantitative estimate of drug-likeness (QED) is 0.727. The average molecular weight is 312 g/mol. The maximum atomic E-state index is 12.0. The molecule has 0 amide bonds. The number of benzene rings is 1. The van der Waals surface area contributed by atoms with Crippen molar-refractivity contribution in [1.29, 1.82) is 0 Å². The summed E-state index contributed by atoms with van der Waals surface area (Å²) < 4.78 is 2.03. The standard InChI is InChI=1S/C16H16N4OS/c1-20-11-7-3-2-6-10(11)14-15(20)17-16(19-18-14)22-13-9-5-4-8-12(13)21/h2-3,6-7,13H,4-5,8-9H2,1H3/t13-/m0/s1. The molecular formula is C16H16N4OS. The molecule has 1 saturated carbocycles. The van der Waals surface area contributed by atoms with Crippen molar-refractivity contribution in [2.45, 2.75) is 36.1 Å². The number of Topliss-reactive ketones (excluding diaryl/α,β-unsaturated/α-hetero) is 1. The molecule has 0 spiro atoms. The van der Waals surface area contributed by atoms with Gasteiger partial charge in [-0.1, -0.05) is 36.4 Å². The number of fused-ring (bicyclic) bond motifs is 3. The number of thioether (sulfide) groups is 1. The number of hydrogen-bond donors (Lipinski definition) is 0. The first-order chi connectivity index (χ1) is 10.7. The Bertz CT molecular complexity index is 873. The fourth-order valence-corrected chi connectivity index (χ4v) is 4.06. The normalized spacial score (nSPS) is 19.1. The van der Waals surface area contributed by atoms with Crippen LogP contribution in [0.4, 0.5) is 0 Å².